The minimum atomic E-state index is -3.29. The predicted molar refractivity (Wildman–Crippen MR) is 122 cm³/mol. The molecule has 1 aromatic heterocycles. The van der Waals surface area contributed by atoms with Crippen molar-refractivity contribution in [2.75, 3.05) is 11.6 Å². The van der Waals surface area contributed by atoms with Crippen LogP contribution in [0.5, 0.6) is 0 Å². The number of rotatable bonds is 7. The molecule has 0 atom stereocenters. The average molecular weight is 440 g/mol. The van der Waals surface area contributed by atoms with Crippen LogP contribution in [0.4, 0.5) is 5.69 Å². The summed E-state index contributed by atoms with van der Waals surface area (Å²) >= 11 is 0. The van der Waals surface area contributed by atoms with E-state index in [4.69, 9.17) is 11.5 Å². The normalized spacial score (nSPS) is 16.0. The number of anilines is 1. The van der Waals surface area contributed by atoms with Gasteiger partial charge in [0.05, 0.1) is 16.0 Å². The van der Waals surface area contributed by atoms with Crippen LogP contribution in [0.25, 0.3) is 5.57 Å². The van der Waals surface area contributed by atoms with E-state index in [0.717, 1.165) is 18.2 Å². The first-order chi connectivity index (χ1) is 14.7. The van der Waals surface area contributed by atoms with Crippen molar-refractivity contribution >= 4 is 33.2 Å². The number of benzene rings is 1. The van der Waals surface area contributed by atoms with Crippen molar-refractivity contribution in [3.8, 4) is 0 Å². The first-order valence-corrected chi connectivity index (χ1v) is 11.5. The molecule has 0 spiro atoms. The third-order valence-electron chi connectivity index (χ3n) is 5.32. The summed E-state index contributed by atoms with van der Waals surface area (Å²) < 4.78 is 23.2. The Morgan fingerprint density at radius 2 is 1.90 bits per heavy atom. The zero-order valence-corrected chi connectivity index (χ0v) is 18.0. The van der Waals surface area contributed by atoms with Gasteiger partial charge < -0.3 is 16.8 Å². The molecule has 1 aliphatic carbocycles. The molecule has 1 saturated carbocycles. The molecule has 1 heterocycles. The number of nitrogens with zero attached hydrogens (tertiary/aromatic N) is 2. The van der Waals surface area contributed by atoms with E-state index >= 15 is 0 Å². The van der Waals surface area contributed by atoms with E-state index in [1.54, 1.807) is 18.3 Å². The van der Waals surface area contributed by atoms with Crippen LogP contribution >= 0.6 is 0 Å². The van der Waals surface area contributed by atoms with Crippen molar-refractivity contribution in [1.29, 1.82) is 0 Å². The van der Waals surface area contributed by atoms with Crippen LogP contribution in [0.2, 0.25) is 0 Å². The highest BCUT2D eigenvalue weighted by atomic mass is 32.2. The lowest BCUT2D eigenvalue weighted by Crippen LogP contribution is -2.46. The molecule has 1 amide bonds. The quantitative estimate of drug-likeness (QED) is 0.566. The summed E-state index contributed by atoms with van der Waals surface area (Å²) in [5, 5.41) is 2.89. The number of carbonyl (C=O) groups excluding carboxylic acids is 1. The van der Waals surface area contributed by atoms with Gasteiger partial charge in [0.2, 0.25) is 5.91 Å². The highest BCUT2D eigenvalue weighted by molar-refractivity contribution is 7.90. The maximum Gasteiger partial charge on any atom is 0.236 e. The van der Waals surface area contributed by atoms with E-state index in [9.17, 15) is 13.2 Å². The van der Waals surface area contributed by atoms with E-state index in [1.165, 1.54) is 24.5 Å². The smallest absolute Gasteiger partial charge is 0.236 e. The highest BCUT2D eigenvalue weighted by Crippen LogP contribution is 2.44. The van der Waals surface area contributed by atoms with Crippen LogP contribution in [0.15, 0.2) is 71.1 Å². The molecule has 3 rings (SSSR count). The van der Waals surface area contributed by atoms with E-state index in [0.29, 0.717) is 29.8 Å². The molecule has 9 heteroatoms. The minimum Gasteiger partial charge on any atom is -0.404 e. The van der Waals surface area contributed by atoms with Crippen LogP contribution in [-0.4, -0.2) is 31.8 Å². The molecule has 2 aromatic rings. The van der Waals surface area contributed by atoms with Crippen molar-refractivity contribution in [2.45, 2.75) is 29.6 Å². The minimum absolute atomic E-state index is 0.165. The van der Waals surface area contributed by atoms with Crippen molar-refractivity contribution < 1.29 is 13.2 Å². The second-order valence-corrected chi connectivity index (χ2v) is 9.51. The average Bonchev–Trinajstić information content (AvgIpc) is 2.68. The Morgan fingerprint density at radius 1 is 1.23 bits per heavy atom. The summed E-state index contributed by atoms with van der Waals surface area (Å²) in [4.78, 5) is 21.8. The molecule has 8 nitrogen and oxygen atoms in total. The number of aliphatic imine (C=N–C) groups is 1. The molecule has 162 valence electrons. The van der Waals surface area contributed by atoms with Crippen molar-refractivity contribution in [3.63, 3.8) is 0 Å². The van der Waals surface area contributed by atoms with Crippen LogP contribution in [-0.2, 0) is 20.0 Å². The number of hydrogen-bond acceptors (Lipinski definition) is 7. The van der Waals surface area contributed by atoms with E-state index in [1.807, 2.05) is 12.1 Å². The van der Waals surface area contributed by atoms with Gasteiger partial charge in [-0.05, 0) is 43.2 Å². The summed E-state index contributed by atoms with van der Waals surface area (Å²) in [6.07, 6.45) is 7.97. The van der Waals surface area contributed by atoms with E-state index in [-0.39, 0.29) is 16.6 Å². The van der Waals surface area contributed by atoms with Crippen molar-refractivity contribution in [2.24, 2.45) is 16.5 Å². The van der Waals surface area contributed by atoms with Gasteiger partial charge in [-0.3, -0.25) is 9.78 Å². The van der Waals surface area contributed by atoms with Crippen LogP contribution in [0.3, 0.4) is 0 Å². The van der Waals surface area contributed by atoms with Crippen LogP contribution in [0.1, 0.15) is 30.5 Å². The third kappa shape index (κ3) is 4.83. The number of carbonyl (C=O) groups is 1. The Labute approximate surface area is 181 Å². The number of aromatic nitrogens is 1. The molecule has 1 aromatic carbocycles. The number of nitrogens with one attached hydrogen (secondary N) is 1. The Bertz CT molecular complexity index is 1150. The largest absolute Gasteiger partial charge is 0.404 e. The summed E-state index contributed by atoms with van der Waals surface area (Å²) in [5.74, 6) is 0.000259. The van der Waals surface area contributed by atoms with Gasteiger partial charge in [-0.15, -0.1) is 0 Å². The fourth-order valence-electron chi connectivity index (χ4n) is 3.38. The number of amides is 1. The molecule has 1 aliphatic rings. The van der Waals surface area contributed by atoms with Gasteiger partial charge in [0, 0.05) is 41.7 Å². The Balaban J connectivity index is 1.80. The second kappa shape index (κ2) is 8.73. The molecule has 31 heavy (non-hydrogen) atoms. The third-order valence-corrected chi connectivity index (χ3v) is 6.45. The predicted octanol–water partition coefficient (Wildman–Crippen LogP) is 2.35. The monoisotopic (exact) mass is 439 g/mol. The summed E-state index contributed by atoms with van der Waals surface area (Å²) in [6, 6.07) is 9.77. The molecular formula is C22H25N5O3S. The molecular weight excluding hydrogens is 414 g/mol. The maximum atomic E-state index is 13.1. The number of sulfone groups is 1. The molecule has 0 saturated heterocycles. The van der Waals surface area contributed by atoms with E-state index in [2.05, 4.69) is 21.9 Å². The Hall–Kier alpha value is -3.46. The van der Waals surface area contributed by atoms with Gasteiger partial charge in [-0.1, -0.05) is 19.1 Å². The zero-order valence-electron chi connectivity index (χ0n) is 17.2. The van der Waals surface area contributed by atoms with Gasteiger partial charge in [-0.25, -0.2) is 13.4 Å². The van der Waals surface area contributed by atoms with E-state index < -0.39 is 15.3 Å². The lowest BCUT2D eigenvalue weighted by Gasteiger charge is -2.39. The standard InChI is InChI=1S/C22H25N5O3S/c1-15(24)25-14-17(12-23)16-4-9-20(26-13-16)22(10-3-11-22)21(28)27-18-5-7-19(8-6-18)31(2,29)30/h4-9,12-14H,1,3,10-11,23-24H2,2H3,(H,27,28)/b17-12+,25-14?. The van der Waals surface area contributed by atoms with Gasteiger partial charge in [0.15, 0.2) is 9.84 Å². The lowest BCUT2D eigenvalue weighted by molar-refractivity contribution is -0.124. The fraction of sp³-hybridized carbons (Fsp3) is 0.227. The summed E-state index contributed by atoms with van der Waals surface area (Å²) in [7, 11) is -3.29. The zero-order chi connectivity index (χ0) is 22.6. The SMILES string of the molecule is C=C(N)N=C/C(=C\N)c1ccc(C2(C(=O)Nc3ccc(S(C)(=O)=O)cc3)CCC2)nc1. The highest BCUT2D eigenvalue weighted by Gasteiger charge is 2.46. The molecule has 0 radical (unpaired) electrons. The molecule has 1 fully saturated rings. The number of allylic oxidation sites excluding steroid dienone is 1. The molecule has 0 aliphatic heterocycles. The van der Waals surface area contributed by atoms with Gasteiger partial charge in [0.25, 0.3) is 0 Å². The lowest BCUT2D eigenvalue weighted by atomic mass is 9.65. The van der Waals surface area contributed by atoms with Crippen LogP contribution < -0.4 is 16.8 Å². The second-order valence-electron chi connectivity index (χ2n) is 7.49. The Morgan fingerprint density at radius 3 is 2.35 bits per heavy atom. The molecule has 0 bridgehead atoms. The summed E-state index contributed by atoms with van der Waals surface area (Å²) in [6.45, 7) is 3.51. The molecule has 5 N–H and O–H groups in total. The van der Waals surface area contributed by atoms with Crippen molar-refractivity contribution in [3.05, 3.63) is 72.5 Å². The summed E-state index contributed by atoms with van der Waals surface area (Å²) in [5.41, 5.74) is 13.0. The van der Waals surface area contributed by atoms with Crippen molar-refractivity contribution in [1.82, 2.24) is 4.98 Å². The van der Waals surface area contributed by atoms with Gasteiger partial charge >= 0.3 is 0 Å². The van der Waals surface area contributed by atoms with Gasteiger partial charge in [0.1, 0.15) is 5.82 Å². The number of nitrogens with two attached hydrogens (primary N) is 2. The molecule has 0 unspecified atom stereocenters. The number of pyridine rings is 1. The van der Waals surface area contributed by atoms with Crippen LogP contribution in [0, 0.1) is 0 Å². The first-order valence-electron chi connectivity index (χ1n) is 9.64. The number of hydrogen-bond donors (Lipinski definition) is 3. The fourth-order valence-corrected chi connectivity index (χ4v) is 4.01. The van der Waals surface area contributed by atoms with Gasteiger partial charge in [-0.2, -0.15) is 0 Å². The first kappa shape index (κ1) is 22.2. The Kier molecular flexibility index (Phi) is 6.26. The topological polar surface area (TPSA) is 141 Å². The maximum absolute atomic E-state index is 13.1.